The molecular weight excluding hydrogens is 216 g/mol. The van der Waals surface area contributed by atoms with Gasteiger partial charge >= 0.3 is 0 Å². The van der Waals surface area contributed by atoms with Gasteiger partial charge in [0, 0.05) is 5.69 Å². The highest BCUT2D eigenvalue weighted by atomic mass is 16.3. The van der Waals surface area contributed by atoms with Crippen molar-refractivity contribution >= 4 is 17.8 Å². The number of benzene rings is 1. The van der Waals surface area contributed by atoms with E-state index in [9.17, 15) is 0 Å². The Labute approximate surface area is 99.2 Å². The van der Waals surface area contributed by atoms with Crippen LogP contribution in [0.4, 0.5) is 5.69 Å². The first-order valence-corrected chi connectivity index (χ1v) is 5.32. The first-order valence-electron chi connectivity index (χ1n) is 5.32. The Morgan fingerprint density at radius 1 is 1.24 bits per heavy atom. The van der Waals surface area contributed by atoms with E-state index in [1.807, 2.05) is 36.4 Å². The fourth-order valence-electron chi connectivity index (χ4n) is 1.39. The minimum atomic E-state index is 0.0600. The van der Waals surface area contributed by atoms with Gasteiger partial charge in [0.15, 0.2) is 0 Å². The molecule has 1 heterocycles. The van der Waals surface area contributed by atoms with E-state index < -0.39 is 0 Å². The number of anilines is 1. The third-order valence-electron chi connectivity index (χ3n) is 2.27. The van der Waals surface area contributed by atoms with Crippen molar-refractivity contribution in [1.29, 1.82) is 0 Å². The molecule has 3 N–H and O–H groups in total. The van der Waals surface area contributed by atoms with Crippen LogP contribution in [0, 0.1) is 0 Å². The number of nitrogen functional groups attached to an aromatic ring is 1. The summed E-state index contributed by atoms with van der Waals surface area (Å²) in [6.45, 7) is 0.521. The number of hydrogen-bond acceptors (Lipinski definition) is 4. The van der Waals surface area contributed by atoms with E-state index in [-0.39, 0.29) is 6.61 Å². The normalized spacial score (nSPS) is 11.1. The summed E-state index contributed by atoms with van der Waals surface area (Å²) >= 11 is 0. The Bertz CT molecular complexity index is 501. The second-order valence-electron chi connectivity index (χ2n) is 3.63. The third kappa shape index (κ3) is 3.15. The maximum absolute atomic E-state index is 8.74. The summed E-state index contributed by atoms with van der Waals surface area (Å²) in [5, 5.41) is 16.6. The molecule has 1 aromatic heterocycles. The Kier molecular flexibility index (Phi) is 3.52. The highest BCUT2D eigenvalue weighted by molar-refractivity contribution is 5.68. The second kappa shape index (κ2) is 5.27. The summed E-state index contributed by atoms with van der Waals surface area (Å²) in [6, 6.07) is 7.57. The highest BCUT2D eigenvalue weighted by Crippen LogP contribution is 2.09. The van der Waals surface area contributed by atoms with Crippen LogP contribution in [-0.2, 0) is 6.54 Å². The van der Waals surface area contributed by atoms with Crippen molar-refractivity contribution in [2.45, 2.75) is 6.54 Å². The van der Waals surface area contributed by atoms with Crippen molar-refractivity contribution in [3.8, 4) is 0 Å². The summed E-state index contributed by atoms with van der Waals surface area (Å²) in [5.74, 6) is 0. The monoisotopic (exact) mass is 230 g/mol. The largest absolute Gasteiger partial charge is 0.399 e. The lowest BCUT2D eigenvalue weighted by molar-refractivity contribution is 0.268. The molecule has 1 aromatic carbocycles. The molecule has 0 amide bonds. The number of rotatable bonds is 4. The molecule has 0 aliphatic rings. The first-order chi connectivity index (χ1) is 8.28. The Morgan fingerprint density at radius 2 is 2.00 bits per heavy atom. The van der Waals surface area contributed by atoms with E-state index >= 15 is 0 Å². The molecule has 5 heteroatoms. The minimum absolute atomic E-state index is 0.0600. The van der Waals surface area contributed by atoms with Crippen molar-refractivity contribution in [2.24, 2.45) is 0 Å². The Hall–Kier alpha value is -2.14. The van der Waals surface area contributed by atoms with Gasteiger partial charge < -0.3 is 10.8 Å². The van der Waals surface area contributed by atoms with Crippen molar-refractivity contribution in [2.75, 3.05) is 12.3 Å². The maximum Gasteiger partial charge on any atom is 0.105 e. The van der Waals surface area contributed by atoms with Gasteiger partial charge in [-0.05, 0) is 23.8 Å². The van der Waals surface area contributed by atoms with Crippen LogP contribution in [0.25, 0.3) is 12.2 Å². The van der Waals surface area contributed by atoms with Crippen molar-refractivity contribution in [3.63, 3.8) is 0 Å². The minimum Gasteiger partial charge on any atom is -0.399 e. The molecule has 0 fully saturated rings. The Balaban J connectivity index is 2.06. The fourth-order valence-corrected chi connectivity index (χ4v) is 1.39. The van der Waals surface area contributed by atoms with Gasteiger partial charge in [0.25, 0.3) is 0 Å². The molecule has 0 bridgehead atoms. The molecule has 0 atom stereocenters. The zero-order chi connectivity index (χ0) is 12.1. The molecule has 0 unspecified atom stereocenters. The number of nitrogens with two attached hydrogens (primary N) is 1. The van der Waals surface area contributed by atoms with Gasteiger partial charge in [-0.1, -0.05) is 23.4 Å². The van der Waals surface area contributed by atoms with E-state index in [0.29, 0.717) is 6.54 Å². The van der Waals surface area contributed by atoms with Crippen LogP contribution >= 0.6 is 0 Å². The van der Waals surface area contributed by atoms with Crippen LogP contribution in [-0.4, -0.2) is 26.7 Å². The third-order valence-corrected chi connectivity index (χ3v) is 2.27. The van der Waals surface area contributed by atoms with Crippen LogP contribution in [0.1, 0.15) is 11.3 Å². The van der Waals surface area contributed by atoms with E-state index in [1.165, 1.54) is 0 Å². The van der Waals surface area contributed by atoms with Gasteiger partial charge in [-0.2, -0.15) is 0 Å². The van der Waals surface area contributed by atoms with Crippen molar-refractivity contribution in [1.82, 2.24) is 15.0 Å². The highest BCUT2D eigenvalue weighted by Gasteiger charge is 1.95. The average Bonchev–Trinajstić information content (AvgIpc) is 2.77. The van der Waals surface area contributed by atoms with Gasteiger partial charge in [-0.15, -0.1) is 5.10 Å². The molecule has 17 heavy (non-hydrogen) atoms. The zero-order valence-electron chi connectivity index (χ0n) is 9.32. The van der Waals surface area contributed by atoms with E-state index in [2.05, 4.69) is 10.3 Å². The van der Waals surface area contributed by atoms with Crippen LogP contribution in [0.5, 0.6) is 0 Å². The molecule has 0 saturated carbocycles. The summed E-state index contributed by atoms with van der Waals surface area (Å²) < 4.78 is 1.60. The molecule has 0 radical (unpaired) electrons. The van der Waals surface area contributed by atoms with Crippen molar-refractivity contribution in [3.05, 3.63) is 41.7 Å². The van der Waals surface area contributed by atoms with Crippen molar-refractivity contribution < 1.29 is 5.11 Å². The van der Waals surface area contributed by atoms with E-state index in [0.717, 1.165) is 16.9 Å². The summed E-state index contributed by atoms with van der Waals surface area (Å²) in [7, 11) is 0. The van der Waals surface area contributed by atoms with Crippen LogP contribution < -0.4 is 5.73 Å². The van der Waals surface area contributed by atoms with Gasteiger partial charge in [0.1, 0.15) is 5.69 Å². The smallest absolute Gasteiger partial charge is 0.105 e. The molecule has 0 saturated heterocycles. The maximum atomic E-state index is 8.74. The van der Waals surface area contributed by atoms with E-state index in [4.69, 9.17) is 10.8 Å². The molecule has 5 nitrogen and oxygen atoms in total. The molecular formula is C12H14N4O. The topological polar surface area (TPSA) is 77.0 Å². The fraction of sp³-hybridized carbons (Fsp3) is 0.167. The quantitative estimate of drug-likeness (QED) is 0.769. The van der Waals surface area contributed by atoms with Gasteiger partial charge in [-0.25, -0.2) is 4.68 Å². The van der Waals surface area contributed by atoms with Gasteiger partial charge in [0.2, 0.25) is 0 Å². The lowest BCUT2D eigenvalue weighted by atomic mass is 10.2. The average molecular weight is 230 g/mol. The van der Waals surface area contributed by atoms with Crippen LogP contribution in [0.2, 0.25) is 0 Å². The second-order valence-corrected chi connectivity index (χ2v) is 3.63. The van der Waals surface area contributed by atoms with Crippen LogP contribution in [0.3, 0.4) is 0 Å². The number of hydrogen-bond donors (Lipinski definition) is 2. The number of aromatic nitrogens is 3. The number of aliphatic hydroxyl groups is 1. The predicted molar refractivity (Wildman–Crippen MR) is 66.9 cm³/mol. The molecule has 2 aromatic rings. The lowest BCUT2D eigenvalue weighted by Gasteiger charge is -1.93. The summed E-state index contributed by atoms with van der Waals surface area (Å²) in [6.07, 6.45) is 5.59. The number of aliphatic hydroxyl groups excluding tert-OH is 1. The van der Waals surface area contributed by atoms with E-state index in [1.54, 1.807) is 10.9 Å². The molecule has 0 aliphatic carbocycles. The SMILES string of the molecule is Nc1ccc(/C=C/c2cn(CCO)nn2)cc1. The number of nitrogens with zero attached hydrogens (tertiary/aromatic N) is 3. The predicted octanol–water partition coefficient (Wildman–Crippen LogP) is 1.02. The summed E-state index contributed by atoms with van der Waals surface area (Å²) in [4.78, 5) is 0. The standard InChI is InChI=1S/C12H14N4O/c13-11-4-1-10(2-5-11)3-6-12-9-16(7-8-17)15-14-12/h1-6,9,17H,7-8,13H2/b6-3+. The summed E-state index contributed by atoms with van der Waals surface area (Å²) in [5.41, 5.74) is 8.15. The van der Waals surface area contributed by atoms with Crippen LogP contribution in [0.15, 0.2) is 30.5 Å². The molecule has 2 rings (SSSR count). The first kappa shape index (κ1) is 11.3. The zero-order valence-corrected chi connectivity index (χ0v) is 9.32. The molecule has 88 valence electrons. The molecule has 0 spiro atoms. The van der Waals surface area contributed by atoms with Gasteiger partial charge in [-0.3, -0.25) is 0 Å². The Morgan fingerprint density at radius 3 is 2.71 bits per heavy atom. The van der Waals surface area contributed by atoms with Gasteiger partial charge in [0.05, 0.1) is 19.3 Å². The lowest BCUT2D eigenvalue weighted by Crippen LogP contribution is -2.01. The molecule has 0 aliphatic heterocycles.